The van der Waals surface area contributed by atoms with Crippen molar-refractivity contribution in [3.8, 4) is 11.5 Å². The second kappa shape index (κ2) is 6.06. The molecular formula is C15H9F2N5O2S. The summed E-state index contributed by atoms with van der Waals surface area (Å²) in [6.45, 7) is -0.0659. The summed E-state index contributed by atoms with van der Waals surface area (Å²) >= 11 is 1.40. The van der Waals surface area contributed by atoms with E-state index in [4.69, 9.17) is 4.52 Å². The molecular weight excluding hydrogens is 352 g/mol. The molecule has 10 heteroatoms. The number of carbonyl (C=O) groups is 1. The molecule has 1 N–H and O–H groups in total. The van der Waals surface area contributed by atoms with Gasteiger partial charge in [0.15, 0.2) is 10.8 Å². The summed E-state index contributed by atoms with van der Waals surface area (Å²) in [5.74, 6) is -2.23. The van der Waals surface area contributed by atoms with Gasteiger partial charge in [-0.3, -0.25) is 9.20 Å². The fourth-order valence-electron chi connectivity index (χ4n) is 2.22. The maximum absolute atomic E-state index is 13.7. The zero-order valence-corrected chi connectivity index (χ0v) is 13.3. The van der Waals surface area contributed by atoms with Crippen molar-refractivity contribution in [1.29, 1.82) is 0 Å². The highest BCUT2D eigenvalue weighted by Crippen LogP contribution is 2.24. The van der Waals surface area contributed by atoms with Gasteiger partial charge in [0.05, 0.1) is 6.54 Å². The largest absolute Gasteiger partial charge is 0.343 e. The van der Waals surface area contributed by atoms with E-state index in [1.165, 1.54) is 17.4 Å². The molecule has 1 aromatic carbocycles. The number of rotatable bonds is 4. The number of hydrogen-bond donors (Lipinski definition) is 1. The molecule has 0 radical (unpaired) electrons. The van der Waals surface area contributed by atoms with Gasteiger partial charge in [-0.15, -0.1) is 11.3 Å². The average Bonchev–Trinajstić information content (AvgIpc) is 3.28. The number of carbonyl (C=O) groups excluding carboxylic acids is 1. The van der Waals surface area contributed by atoms with Crippen molar-refractivity contribution in [3.63, 3.8) is 0 Å². The van der Waals surface area contributed by atoms with E-state index in [9.17, 15) is 13.6 Å². The maximum atomic E-state index is 13.7. The predicted octanol–water partition coefficient (Wildman–Crippen LogP) is 2.65. The molecule has 25 heavy (non-hydrogen) atoms. The zero-order valence-electron chi connectivity index (χ0n) is 12.4. The van der Waals surface area contributed by atoms with Crippen molar-refractivity contribution in [3.05, 3.63) is 59.1 Å². The Morgan fingerprint density at radius 1 is 1.28 bits per heavy atom. The standard InChI is InChI=1S/C15H9F2N5O2S/c16-8-2-1-3-9(17)12(8)14-20-11(21-24-14)6-18-13(23)10-7-22-4-5-25-15(22)19-10/h1-5,7H,6H2,(H,18,23). The van der Waals surface area contributed by atoms with E-state index in [-0.39, 0.29) is 24.0 Å². The van der Waals surface area contributed by atoms with Crippen molar-refractivity contribution in [2.75, 3.05) is 0 Å². The average molecular weight is 361 g/mol. The fourth-order valence-corrected chi connectivity index (χ4v) is 2.92. The lowest BCUT2D eigenvalue weighted by Crippen LogP contribution is -2.23. The summed E-state index contributed by atoms with van der Waals surface area (Å²) in [5, 5.41) is 8.05. The minimum absolute atomic E-state index is 0.0659. The van der Waals surface area contributed by atoms with Crippen LogP contribution < -0.4 is 5.32 Å². The molecule has 0 aliphatic heterocycles. The Bertz CT molecular complexity index is 1020. The van der Waals surface area contributed by atoms with E-state index in [0.717, 1.165) is 12.1 Å². The molecule has 7 nitrogen and oxygen atoms in total. The first-order chi connectivity index (χ1) is 12.1. The number of nitrogens with one attached hydrogen (secondary N) is 1. The highest BCUT2D eigenvalue weighted by atomic mass is 32.1. The number of amides is 1. The number of fused-ring (bicyclic) bond motifs is 1. The summed E-state index contributed by atoms with van der Waals surface area (Å²) in [6, 6.07) is 3.42. The van der Waals surface area contributed by atoms with Gasteiger partial charge in [0.2, 0.25) is 0 Å². The molecule has 0 saturated heterocycles. The molecule has 4 aromatic rings. The number of thiazole rings is 1. The topological polar surface area (TPSA) is 85.3 Å². The molecule has 0 spiro atoms. The summed E-state index contributed by atoms with van der Waals surface area (Å²) in [7, 11) is 0. The quantitative estimate of drug-likeness (QED) is 0.604. The Kier molecular flexibility index (Phi) is 3.73. The summed E-state index contributed by atoms with van der Waals surface area (Å²) in [5.41, 5.74) is -0.155. The minimum Gasteiger partial charge on any atom is -0.343 e. The first-order valence-corrected chi connectivity index (χ1v) is 7.97. The normalized spacial score (nSPS) is 11.1. The van der Waals surface area contributed by atoms with Crippen LogP contribution in [0.15, 0.2) is 40.5 Å². The SMILES string of the molecule is O=C(NCc1noc(-c2c(F)cccc2F)n1)c1cn2ccsc2n1. The lowest BCUT2D eigenvalue weighted by atomic mass is 10.2. The van der Waals surface area contributed by atoms with Crippen molar-refractivity contribution in [1.82, 2.24) is 24.8 Å². The van der Waals surface area contributed by atoms with Crippen LogP contribution in [-0.4, -0.2) is 25.4 Å². The van der Waals surface area contributed by atoms with Gasteiger partial charge in [-0.25, -0.2) is 13.8 Å². The van der Waals surface area contributed by atoms with Gasteiger partial charge in [0.25, 0.3) is 11.8 Å². The third-order valence-electron chi connectivity index (χ3n) is 3.38. The van der Waals surface area contributed by atoms with E-state index in [0.29, 0.717) is 4.96 Å². The second-order valence-corrected chi connectivity index (χ2v) is 5.89. The van der Waals surface area contributed by atoms with E-state index >= 15 is 0 Å². The Hall–Kier alpha value is -3.14. The number of nitrogens with zero attached hydrogens (tertiary/aromatic N) is 4. The van der Waals surface area contributed by atoms with Crippen LogP contribution in [0.3, 0.4) is 0 Å². The predicted molar refractivity (Wildman–Crippen MR) is 83.9 cm³/mol. The molecule has 126 valence electrons. The lowest BCUT2D eigenvalue weighted by Gasteiger charge is -1.99. The van der Waals surface area contributed by atoms with Crippen molar-refractivity contribution < 1.29 is 18.1 Å². The highest BCUT2D eigenvalue weighted by Gasteiger charge is 2.18. The Morgan fingerprint density at radius 3 is 2.84 bits per heavy atom. The van der Waals surface area contributed by atoms with Crippen LogP contribution in [0, 0.1) is 11.6 Å². The molecule has 0 fully saturated rings. The van der Waals surface area contributed by atoms with E-state index in [1.807, 2.05) is 5.38 Å². The third kappa shape index (κ3) is 2.87. The van der Waals surface area contributed by atoms with Crippen LogP contribution in [-0.2, 0) is 6.54 Å². The summed E-state index contributed by atoms with van der Waals surface area (Å²) in [6.07, 6.45) is 3.38. The van der Waals surface area contributed by atoms with E-state index in [1.54, 1.807) is 16.8 Å². The van der Waals surface area contributed by atoms with Crippen molar-refractivity contribution >= 4 is 22.2 Å². The van der Waals surface area contributed by atoms with Gasteiger partial charge in [0, 0.05) is 17.8 Å². The van der Waals surface area contributed by atoms with Gasteiger partial charge >= 0.3 is 0 Å². The van der Waals surface area contributed by atoms with Gasteiger partial charge in [-0.2, -0.15) is 4.98 Å². The lowest BCUT2D eigenvalue weighted by molar-refractivity contribution is 0.0945. The van der Waals surface area contributed by atoms with Crippen LogP contribution >= 0.6 is 11.3 Å². The smallest absolute Gasteiger partial charge is 0.271 e. The molecule has 3 aromatic heterocycles. The van der Waals surface area contributed by atoms with Gasteiger partial charge < -0.3 is 9.84 Å². The molecule has 0 aliphatic rings. The molecule has 0 unspecified atom stereocenters. The third-order valence-corrected chi connectivity index (χ3v) is 4.15. The van der Waals surface area contributed by atoms with Crippen LogP contribution in [0.25, 0.3) is 16.4 Å². The number of aromatic nitrogens is 4. The first kappa shape index (κ1) is 15.4. The molecule has 1 amide bonds. The van der Waals surface area contributed by atoms with Crippen LogP contribution in [0.1, 0.15) is 16.3 Å². The highest BCUT2D eigenvalue weighted by molar-refractivity contribution is 7.15. The van der Waals surface area contributed by atoms with Crippen LogP contribution in [0.2, 0.25) is 0 Å². The maximum Gasteiger partial charge on any atom is 0.271 e. The van der Waals surface area contributed by atoms with Gasteiger partial charge in [-0.1, -0.05) is 11.2 Å². The Morgan fingerprint density at radius 2 is 2.08 bits per heavy atom. The van der Waals surface area contributed by atoms with Crippen LogP contribution in [0.4, 0.5) is 8.78 Å². The van der Waals surface area contributed by atoms with E-state index < -0.39 is 23.1 Å². The molecule has 0 saturated carbocycles. The Labute approximate surface area is 142 Å². The van der Waals surface area contributed by atoms with E-state index in [2.05, 4.69) is 20.4 Å². The summed E-state index contributed by atoms with van der Waals surface area (Å²) < 4.78 is 34.0. The number of benzene rings is 1. The Balaban J connectivity index is 1.48. The second-order valence-electron chi connectivity index (χ2n) is 5.01. The van der Waals surface area contributed by atoms with Crippen molar-refractivity contribution in [2.45, 2.75) is 6.54 Å². The minimum atomic E-state index is -0.808. The molecule has 0 bridgehead atoms. The molecule has 0 aliphatic carbocycles. The molecule has 4 rings (SSSR count). The van der Waals surface area contributed by atoms with Gasteiger partial charge in [0.1, 0.15) is 22.9 Å². The first-order valence-electron chi connectivity index (χ1n) is 7.09. The van der Waals surface area contributed by atoms with Gasteiger partial charge in [-0.05, 0) is 12.1 Å². The van der Waals surface area contributed by atoms with Crippen molar-refractivity contribution in [2.24, 2.45) is 0 Å². The fraction of sp³-hybridized carbons (Fsp3) is 0.0667. The number of hydrogen-bond acceptors (Lipinski definition) is 6. The zero-order chi connectivity index (χ0) is 17.4. The van der Waals surface area contributed by atoms with Crippen LogP contribution in [0.5, 0.6) is 0 Å². The number of imidazole rings is 1. The number of halogens is 2. The monoisotopic (exact) mass is 361 g/mol. The summed E-state index contributed by atoms with van der Waals surface area (Å²) in [4.78, 5) is 20.8. The molecule has 3 heterocycles. The molecule has 0 atom stereocenters.